The van der Waals surface area contributed by atoms with E-state index in [1.165, 1.54) is 6.07 Å². The highest BCUT2D eigenvalue weighted by molar-refractivity contribution is 7.89. The fourth-order valence-electron chi connectivity index (χ4n) is 6.92. The molecule has 0 unspecified atom stereocenters. The van der Waals surface area contributed by atoms with E-state index in [0.717, 1.165) is 79.0 Å². The maximum absolute atomic E-state index is 14.2. The average molecular weight is 867 g/mol. The first-order chi connectivity index (χ1) is 28.3. The third kappa shape index (κ3) is 14.0. The van der Waals surface area contributed by atoms with Crippen molar-refractivity contribution in [1.29, 1.82) is 0 Å². The van der Waals surface area contributed by atoms with Gasteiger partial charge in [-0.1, -0.05) is 81.0 Å². The molecule has 0 aliphatic carbocycles. The van der Waals surface area contributed by atoms with Crippen molar-refractivity contribution >= 4 is 30.3 Å². The molecular weight excluding hydrogens is 801 g/mol. The first kappa shape index (κ1) is 47.1. The highest BCUT2D eigenvalue weighted by Gasteiger charge is 2.36. The third-order valence-corrected chi connectivity index (χ3v) is 13.7. The summed E-state index contributed by atoms with van der Waals surface area (Å²) in [6, 6.07) is 21.4. The van der Waals surface area contributed by atoms with Gasteiger partial charge in [0.25, 0.3) is 10.0 Å². The van der Waals surface area contributed by atoms with Crippen LogP contribution in [0.4, 0.5) is 9.59 Å². The monoisotopic (exact) mass is 866 g/mol. The van der Waals surface area contributed by atoms with Gasteiger partial charge in [-0.05, 0) is 93.8 Å². The number of carbonyl (C=O) groups excluding carboxylic acids is 2. The Bertz CT molecular complexity index is 2010. The van der Waals surface area contributed by atoms with Crippen LogP contribution in [-0.4, -0.2) is 88.9 Å². The lowest BCUT2D eigenvalue weighted by Gasteiger charge is -2.32. The third-order valence-electron chi connectivity index (χ3n) is 10.2. The Morgan fingerprint density at radius 1 is 0.900 bits per heavy atom. The molecule has 3 aromatic rings. The van der Waals surface area contributed by atoms with Crippen LogP contribution in [0.3, 0.4) is 0 Å². The molecule has 0 spiro atoms. The van der Waals surface area contributed by atoms with Crippen molar-refractivity contribution in [2.24, 2.45) is 0 Å². The van der Waals surface area contributed by atoms with Gasteiger partial charge in [0.05, 0.1) is 18.0 Å². The van der Waals surface area contributed by atoms with E-state index in [0.29, 0.717) is 49.4 Å². The molecule has 0 radical (unpaired) electrons. The Kier molecular flexibility index (Phi) is 16.3. The molecule has 0 N–H and O–H groups in total. The summed E-state index contributed by atoms with van der Waals surface area (Å²) in [6.45, 7) is 18.5. The number of nitrogens with zero attached hydrogens (tertiary/aromatic N) is 2. The molecular formula is C46H66N2O10SSi. The van der Waals surface area contributed by atoms with Gasteiger partial charge in [0.1, 0.15) is 24.2 Å². The molecule has 1 fully saturated rings. The summed E-state index contributed by atoms with van der Waals surface area (Å²) in [5.41, 5.74) is 3.36. The van der Waals surface area contributed by atoms with Gasteiger partial charge in [0, 0.05) is 59.4 Å². The number of ether oxygens (including phenoxy) is 6. The first-order valence-electron chi connectivity index (χ1n) is 21.3. The molecule has 0 aromatic heterocycles. The molecule has 2 heterocycles. The van der Waals surface area contributed by atoms with E-state index in [1.54, 1.807) is 43.9 Å². The van der Waals surface area contributed by atoms with Crippen LogP contribution in [0.2, 0.25) is 25.7 Å². The van der Waals surface area contributed by atoms with Crippen LogP contribution in [0, 0.1) is 0 Å². The molecule has 0 bridgehead atoms. The van der Waals surface area contributed by atoms with Gasteiger partial charge in [-0.15, -0.1) is 0 Å². The van der Waals surface area contributed by atoms with Gasteiger partial charge in [-0.2, -0.15) is 4.31 Å². The normalized spacial score (nSPS) is 16.6. The van der Waals surface area contributed by atoms with E-state index in [4.69, 9.17) is 28.4 Å². The number of cyclic esters (lactones) is 1. The SMILES string of the molecule is CC(C)(C)OC(=O)N(COCC[Si](C)(C)C)S(=O)(=O)c1ccccc1-c1cccc(CCCCOCCCCCCN2C[C@@H](c3ccc4c(c3)COC(C)(C)O4)OC2=O)c1. The quantitative estimate of drug-likeness (QED) is 0.0579. The number of aryl methyl sites for hydroxylation is 1. The zero-order chi connectivity index (χ0) is 43.6. The molecule has 12 nitrogen and oxygen atoms in total. The van der Waals surface area contributed by atoms with Crippen LogP contribution >= 0.6 is 0 Å². The molecule has 1 atom stereocenters. The van der Waals surface area contributed by atoms with Gasteiger partial charge < -0.3 is 33.3 Å². The fraction of sp³-hybridized carbons (Fsp3) is 0.565. The number of amides is 2. The van der Waals surface area contributed by atoms with E-state index in [-0.39, 0.29) is 17.1 Å². The molecule has 0 saturated carbocycles. The van der Waals surface area contributed by atoms with Crippen molar-refractivity contribution in [1.82, 2.24) is 9.21 Å². The van der Waals surface area contributed by atoms with E-state index in [2.05, 4.69) is 19.6 Å². The van der Waals surface area contributed by atoms with Crippen molar-refractivity contribution in [3.63, 3.8) is 0 Å². The summed E-state index contributed by atoms with van der Waals surface area (Å²) >= 11 is 0. The number of carbonyl (C=O) groups is 2. The number of rotatable bonds is 21. The summed E-state index contributed by atoms with van der Waals surface area (Å²) in [5.74, 6) is 0.155. The van der Waals surface area contributed by atoms with Gasteiger partial charge in [0.15, 0.2) is 0 Å². The lowest BCUT2D eigenvalue weighted by molar-refractivity contribution is -0.180. The Balaban J connectivity index is 1.02. The van der Waals surface area contributed by atoms with Crippen LogP contribution in [0.5, 0.6) is 5.75 Å². The van der Waals surface area contributed by atoms with E-state index >= 15 is 0 Å². The van der Waals surface area contributed by atoms with Crippen molar-refractivity contribution < 1.29 is 46.4 Å². The molecule has 60 heavy (non-hydrogen) atoms. The molecule has 1 saturated heterocycles. The van der Waals surface area contributed by atoms with E-state index < -0.39 is 42.3 Å². The largest absolute Gasteiger partial charge is 0.463 e. The molecule has 330 valence electrons. The summed E-state index contributed by atoms with van der Waals surface area (Å²) in [6.07, 6.45) is 5.00. The molecule has 2 amide bonds. The van der Waals surface area contributed by atoms with Gasteiger partial charge in [-0.25, -0.2) is 18.0 Å². The van der Waals surface area contributed by atoms with E-state index in [1.807, 2.05) is 56.3 Å². The predicted octanol–water partition coefficient (Wildman–Crippen LogP) is 10.3. The standard InChI is InChI=1S/C46H66N2O10SSi/c1-45(2,3)58-44(50)48(34-54-28-29-60(6,7)8)59(51,52)42-22-12-11-21-39(42)36-20-17-19-35(30-36)18-13-16-27-53-26-15-10-9-14-25-47-32-41(56-43(47)49)37-23-24-40-38(31-37)33-55-46(4,5)57-40/h11-12,17,19-24,30-31,41H,9-10,13-16,18,25-29,32-34H2,1-8H3/t41-/m0/s1. The molecule has 2 aliphatic rings. The maximum Gasteiger partial charge on any atom is 0.426 e. The lowest BCUT2D eigenvalue weighted by atomic mass is 10.0. The second-order valence-corrected chi connectivity index (χ2v) is 25.8. The van der Waals surface area contributed by atoms with Crippen LogP contribution in [0.15, 0.2) is 71.6 Å². The summed E-state index contributed by atoms with van der Waals surface area (Å²) < 4.78 is 63.7. The van der Waals surface area contributed by atoms with Crippen LogP contribution in [0.25, 0.3) is 11.1 Å². The predicted molar refractivity (Wildman–Crippen MR) is 235 cm³/mol. The highest BCUT2D eigenvalue weighted by atomic mass is 32.2. The zero-order valence-electron chi connectivity index (χ0n) is 36.9. The smallest absolute Gasteiger partial charge is 0.426 e. The van der Waals surface area contributed by atoms with Gasteiger partial charge in [0.2, 0.25) is 5.79 Å². The van der Waals surface area contributed by atoms with E-state index in [9.17, 15) is 18.0 Å². The van der Waals surface area contributed by atoms with Gasteiger partial charge in [-0.3, -0.25) is 0 Å². The minimum atomic E-state index is -4.34. The summed E-state index contributed by atoms with van der Waals surface area (Å²) in [4.78, 5) is 27.7. The Morgan fingerprint density at radius 3 is 2.38 bits per heavy atom. The highest BCUT2D eigenvalue weighted by Crippen LogP contribution is 2.36. The van der Waals surface area contributed by atoms with Crippen molar-refractivity contribution in [3.05, 3.63) is 83.4 Å². The average Bonchev–Trinajstić information content (AvgIpc) is 3.55. The fourth-order valence-corrected chi connectivity index (χ4v) is 9.08. The summed E-state index contributed by atoms with van der Waals surface area (Å²) in [7, 11) is -5.78. The van der Waals surface area contributed by atoms with Gasteiger partial charge >= 0.3 is 12.2 Å². The molecule has 3 aromatic carbocycles. The number of hydrogen-bond acceptors (Lipinski definition) is 10. The maximum atomic E-state index is 14.2. The minimum absolute atomic E-state index is 0.0139. The number of unbranched alkanes of at least 4 members (excludes halogenated alkanes) is 4. The van der Waals surface area contributed by atoms with Crippen molar-refractivity contribution in [2.75, 3.05) is 39.6 Å². The second-order valence-electron chi connectivity index (χ2n) is 18.3. The van der Waals surface area contributed by atoms with Crippen molar-refractivity contribution in [3.8, 4) is 16.9 Å². The minimum Gasteiger partial charge on any atom is -0.463 e. The molecule has 14 heteroatoms. The zero-order valence-corrected chi connectivity index (χ0v) is 38.7. The van der Waals surface area contributed by atoms with Crippen LogP contribution in [0.1, 0.15) is 95.9 Å². The second kappa shape index (κ2) is 20.7. The number of hydrogen-bond donors (Lipinski definition) is 0. The van der Waals surface area contributed by atoms with Crippen molar-refractivity contribution in [2.45, 2.75) is 134 Å². The Hall–Kier alpha value is -3.95. The van der Waals surface area contributed by atoms with Crippen LogP contribution < -0.4 is 4.74 Å². The Morgan fingerprint density at radius 2 is 1.63 bits per heavy atom. The number of sulfonamides is 1. The Labute approximate surface area is 358 Å². The number of fused-ring (bicyclic) bond motifs is 1. The number of benzene rings is 3. The van der Waals surface area contributed by atoms with Crippen LogP contribution in [-0.2, 0) is 46.7 Å². The molecule has 2 aliphatic heterocycles. The molecule has 5 rings (SSSR count). The summed E-state index contributed by atoms with van der Waals surface area (Å²) in [5, 5.41) is 0. The first-order valence-corrected chi connectivity index (χ1v) is 26.5. The topological polar surface area (TPSA) is 130 Å². The lowest BCUT2D eigenvalue weighted by Crippen LogP contribution is -2.42.